The highest BCUT2D eigenvalue weighted by Gasteiger charge is 2.13. The van der Waals surface area contributed by atoms with E-state index in [0.29, 0.717) is 17.9 Å². The molecule has 0 atom stereocenters. The highest BCUT2D eigenvalue weighted by molar-refractivity contribution is 5.93. The summed E-state index contributed by atoms with van der Waals surface area (Å²) in [5.74, 6) is -0.398. The van der Waals surface area contributed by atoms with Gasteiger partial charge in [-0.2, -0.15) is 0 Å². The molecule has 0 saturated carbocycles. The number of unbranched alkanes of at least 4 members (excludes halogenated alkanes) is 1. The van der Waals surface area contributed by atoms with E-state index in [0.717, 1.165) is 12.8 Å². The zero-order valence-corrected chi connectivity index (χ0v) is 11.4. The van der Waals surface area contributed by atoms with Crippen LogP contribution in [0.2, 0.25) is 0 Å². The smallest absolute Gasteiger partial charge is 0.340 e. The highest BCUT2D eigenvalue weighted by Crippen LogP contribution is 2.14. The molecule has 1 heterocycles. The number of para-hydroxylation sites is 1. The maximum atomic E-state index is 12.1. The van der Waals surface area contributed by atoms with Crippen molar-refractivity contribution in [2.75, 3.05) is 6.61 Å². The van der Waals surface area contributed by atoms with E-state index in [2.05, 4.69) is 0 Å². The average molecular weight is 271 g/mol. The van der Waals surface area contributed by atoms with Gasteiger partial charge in [0, 0.05) is 12.3 Å². The van der Waals surface area contributed by atoms with Crippen molar-refractivity contribution < 1.29 is 9.53 Å². The van der Waals surface area contributed by atoms with Crippen LogP contribution in [-0.4, -0.2) is 17.1 Å². The van der Waals surface area contributed by atoms with Crippen molar-refractivity contribution in [3.63, 3.8) is 0 Å². The van der Waals surface area contributed by atoms with Gasteiger partial charge in [-0.1, -0.05) is 31.5 Å². The van der Waals surface area contributed by atoms with E-state index in [-0.39, 0.29) is 5.56 Å². The van der Waals surface area contributed by atoms with Crippen molar-refractivity contribution in [3.05, 3.63) is 64.6 Å². The topological polar surface area (TPSA) is 48.3 Å². The first kappa shape index (κ1) is 14.1. The number of nitrogens with zero attached hydrogens (tertiary/aromatic N) is 1. The van der Waals surface area contributed by atoms with Gasteiger partial charge in [0.25, 0.3) is 5.56 Å². The van der Waals surface area contributed by atoms with Crippen LogP contribution in [-0.2, 0) is 4.74 Å². The zero-order valence-electron chi connectivity index (χ0n) is 11.4. The quantitative estimate of drug-likeness (QED) is 0.620. The molecule has 0 aliphatic heterocycles. The summed E-state index contributed by atoms with van der Waals surface area (Å²) in [4.78, 5) is 24.0. The Balaban J connectivity index is 2.34. The number of hydrogen-bond donors (Lipinski definition) is 0. The maximum Gasteiger partial charge on any atom is 0.340 e. The van der Waals surface area contributed by atoms with Crippen molar-refractivity contribution in [1.82, 2.24) is 4.57 Å². The molecule has 0 aliphatic rings. The van der Waals surface area contributed by atoms with Gasteiger partial charge in [-0.15, -0.1) is 0 Å². The van der Waals surface area contributed by atoms with Crippen LogP contribution in [0.1, 0.15) is 30.1 Å². The Labute approximate surface area is 117 Å². The summed E-state index contributed by atoms with van der Waals surface area (Å²) in [6.07, 6.45) is 3.44. The molecule has 1 aromatic heterocycles. The Kier molecular flexibility index (Phi) is 4.71. The first-order valence-corrected chi connectivity index (χ1v) is 6.68. The minimum absolute atomic E-state index is 0.179. The second-order valence-electron chi connectivity index (χ2n) is 4.42. The lowest BCUT2D eigenvalue weighted by Crippen LogP contribution is -2.19. The van der Waals surface area contributed by atoms with Gasteiger partial charge in [0.1, 0.15) is 0 Å². The number of hydrogen-bond acceptors (Lipinski definition) is 3. The SMILES string of the molecule is CCCCOC(=O)c1ccccc1-n1ccccc1=O. The molecule has 0 fully saturated rings. The lowest BCUT2D eigenvalue weighted by molar-refractivity contribution is 0.0500. The first-order valence-electron chi connectivity index (χ1n) is 6.68. The molecule has 0 amide bonds. The Morgan fingerprint density at radius 1 is 1.15 bits per heavy atom. The summed E-state index contributed by atoms with van der Waals surface area (Å²) in [7, 11) is 0. The lowest BCUT2D eigenvalue weighted by atomic mass is 10.1. The van der Waals surface area contributed by atoms with Crippen LogP contribution in [0.3, 0.4) is 0 Å². The van der Waals surface area contributed by atoms with Gasteiger partial charge in [0.05, 0.1) is 17.9 Å². The molecular formula is C16H17NO3. The molecule has 2 rings (SSSR count). The number of rotatable bonds is 5. The molecule has 0 aliphatic carbocycles. The second kappa shape index (κ2) is 6.70. The largest absolute Gasteiger partial charge is 0.462 e. The van der Waals surface area contributed by atoms with Gasteiger partial charge < -0.3 is 4.74 Å². The Bertz CT molecular complexity index is 646. The Morgan fingerprint density at radius 2 is 1.90 bits per heavy atom. The van der Waals surface area contributed by atoms with Crippen molar-refractivity contribution in [2.45, 2.75) is 19.8 Å². The molecule has 20 heavy (non-hydrogen) atoms. The maximum absolute atomic E-state index is 12.1. The third kappa shape index (κ3) is 3.15. The summed E-state index contributed by atoms with van der Waals surface area (Å²) in [6, 6.07) is 11.8. The van der Waals surface area contributed by atoms with E-state index in [4.69, 9.17) is 4.74 Å². The van der Waals surface area contributed by atoms with Crippen LogP contribution in [0.5, 0.6) is 0 Å². The van der Waals surface area contributed by atoms with Gasteiger partial charge >= 0.3 is 5.97 Å². The Hall–Kier alpha value is -2.36. The fourth-order valence-electron chi connectivity index (χ4n) is 1.87. The summed E-state index contributed by atoms with van der Waals surface area (Å²) < 4.78 is 6.66. The minimum atomic E-state index is -0.398. The number of benzene rings is 1. The molecule has 0 radical (unpaired) electrons. The van der Waals surface area contributed by atoms with E-state index >= 15 is 0 Å². The third-order valence-corrected chi connectivity index (χ3v) is 2.94. The second-order valence-corrected chi connectivity index (χ2v) is 4.42. The van der Waals surface area contributed by atoms with Gasteiger partial charge in [0.2, 0.25) is 0 Å². The van der Waals surface area contributed by atoms with E-state index in [9.17, 15) is 9.59 Å². The number of esters is 1. The molecule has 0 spiro atoms. The van der Waals surface area contributed by atoms with Crippen molar-refractivity contribution >= 4 is 5.97 Å². The molecule has 0 unspecified atom stereocenters. The van der Waals surface area contributed by atoms with Crippen molar-refractivity contribution in [2.24, 2.45) is 0 Å². The van der Waals surface area contributed by atoms with Crippen molar-refractivity contribution in [1.29, 1.82) is 0 Å². The number of aromatic nitrogens is 1. The van der Waals surface area contributed by atoms with Gasteiger partial charge in [-0.05, 0) is 24.6 Å². The predicted molar refractivity (Wildman–Crippen MR) is 77.2 cm³/mol. The number of ether oxygens (including phenoxy) is 1. The molecule has 0 saturated heterocycles. The van der Waals surface area contributed by atoms with E-state index in [1.165, 1.54) is 10.6 Å². The van der Waals surface area contributed by atoms with Gasteiger partial charge in [-0.25, -0.2) is 4.79 Å². The normalized spacial score (nSPS) is 10.2. The molecule has 4 nitrogen and oxygen atoms in total. The van der Waals surface area contributed by atoms with Gasteiger partial charge in [0.15, 0.2) is 0 Å². The standard InChI is InChI=1S/C16H17NO3/c1-2-3-12-20-16(19)13-8-4-5-9-14(13)17-11-7-6-10-15(17)18/h4-11H,2-3,12H2,1H3. The monoisotopic (exact) mass is 271 g/mol. The van der Waals surface area contributed by atoms with E-state index in [1.54, 1.807) is 42.6 Å². The van der Waals surface area contributed by atoms with Crippen molar-refractivity contribution in [3.8, 4) is 5.69 Å². The molecule has 0 bridgehead atoms. The van der Waals surface area contributed by atoms with E-state index < -0.39 is 5.97 Å². The summed E-state index contributed by atoms with van der Waals surface area (Å²) >= 11 is 0. The van der Waals surface area contributed by atoms with Gasteiger partial charge in [-0.3, -0.25) is 9.36 Å². The summed E-state index contributed by atoms with van der Waals surface area (Å²) in [5, 5.41) is 0. The van der Waals surface area contributed by atoms with Crippen LogP contribution in [0.25, 0.3) is 5.69 Å². The first-order chi connectivity index (χ1) is 9.74. The minimum Gasteiger partial charge on any atom is -0.462 e. The number of pyridine rings is 1. The number of carbonyl (C=O) groups is 1. The van der Waals surface area contributed by atoms with Crippen LogP contribution >= 0.6 is 0 Å². The lowest BCUT2D eigenvalue weighted by Gasteiger charge is -2.11. The molecule has 0 N–H and O–H groups in total. The number of carbonyl (C=O) groups excluding carboxylic acids is 1. The predicted octanol–water partition coefficient (Wildman–Crippen LogP) is 2.79. The molecule has 4 heteroatoms. The fourth-order valence-corrected chi connectivity index (χ4v) is 1.87. The molecule has 1 aromatic carbocycles. The average Bonchev–Trinajstić information content (AvgIpc) is 2.48. The Morgan fingerprint density at radius 3 is 2.65 bits per heavy atom. The molecule has 2 aromatic rings. The fraction of sp³-hybridized carbons (Fsp3) is 0.250. The van der Waals surface area contributed by atoms with Crippen LogP contribution in [0.4, 0.5) is 0 Å². The molecular weight excluding hydrogens is 254 g/mol. The zero-order chi connectivity index (χ0) is 14.4. The highest BCUT2D eigenvalue weighted by atomic mass is 16.5. The third-order valence-electron chi connectivity index (χ3n) is 2.94. The van der Waals surface area contributed by atoms with Crippen LogP contribution < -0.4 is 5.56 Å². The molecule has 104 valence electrons. The summed E-state index contributed by atoms with van der Waals surface area (Å²) in [5.41, 5.74) is 0.762. The summed E-state index contributed by atoms with van der Waals surface area (Å²) in [6.45, 7) is 2.43. The van der Waals surface area contributed by atoms with Crippen LogP contribution in [0.15, 0.2) is 53.5 Å². The van der Waals surface area contributed by atoms with Crippen LogP contribution in [0, 0.1) is 0 Å². The van der Waals surface area contributed by atoms with E-state index in [1.807, 2.05) is 6.92 Å².